The summed E-state index contributed by atoms with van der Waals surface area (Å²) in [5, 5.41) is 0.977. The average Bonchev–Trinajstić information content (AvgIpc) is 2.36. The predicted molar refractivity (Wildman–Crippen MR) is 80.3 cm³/mol. The fourth-order valence-corrected chi connectivity index (χ4v) is 5.72. The van der Waals surface area contributed by atoms with Gasteiger partial charge in [0.25, 0.3) is 0 Å². The van der Waals surface area contributed by atoms with Crippen molar-refractivity contribution in [3.05, 3.63) is 29.3 Å². The minimum Gasteiger partial charge on any atom is -0.224 e. The van der Waals surface area contributed by atoms with Crippen molar-refractivity contribution in [3.8, 4) is 0 Å². The van der Waals surface area contributed by atoms with E-state index in [0.29, 0.717) is 10.4 Å². The Hall–Kier alpha value is -0.0600. The van der Waals surface area contributed by atoms with Crippen LogP contribution in [0.15, 0.2) is 29.2 Å². The molecule has 1 rings (SSSR count). The first kappa shape index (κ1) is 16.0. The minimum absolute atomic E-state index is 0.127. The number of hydrogen-bond donors (Lipinski definition) is 0. The van der Waals surface area contributed by atoms with E-state index in [1.807, 2.05) is 13.8 Å². The lowest BCUT2D eigenvalue weighted by molar-refractivity contribution is 0.351. The lowest BCUT2D eigenvalue weighted by Gasteiger charge is -2.29. The first-order valence-electron chi connectivity index (χ1n) is 5.94. The highest BCUT2D eigenvalue weighted by atomic mass is 79.9. The van der Waals surface area contributed by atoms with E-state index in [9.17, 15) is 8.42 Å². The lowest BCUT2D eigenvalue weighted by atomic mass is 9.87. The van der Waals surface area contributed by atoms with Crippen LogP contribution in [-0.4, -0.2) is 19.5 Å². The first-order valence-corrected chi connectivity index (χ1v) is 9.09. The maximum Gasteiger partial charge on any atom is 0.180 e. The van der Waals surface area contributed by atoms with E-state index in [0.717, 1.165) is 12.8 Å². The Bertz CT molecular complexity index is 487. The third kappa shape index (κ3) is 3.49. The molecule has 0 amide bonds. The molecule has 0 bridgehead atoms. The van der Waals surface area contributed by atoms with E-state index in [-0.39, 0.29) is 16.1 Å². The zero-order valence-electron chi connectivity index (χ0n) is 10.6. The topological polar surface area (TPSA) is 34.1 Å². The molecule has 0 heterocycles. The third-order valence-corrected chi connectivity index (χ3v) is 7.10. The van der Waals surface area contributed by atoms with Gasteiger partial charge in [-0.05, 0) is 30.4 Å². The van der Waals surface area contributed by atoms with Gasteiger partial charge in [-0.15, -0.1) is 0 Å². The molecule has 0 aliphatic rings. The fourth-order valence-electron chi connectivity index (χ4n) is 1.86. The Morgan fingerprint density at radius 2 is 1.78 bits per heavy atom. The Labute approximate surface area is 123 Å². The average molecular weight is 354 g/mol. The van der Waals surface area contributed by atoms with Gasteiger partial charge in [-0.1, -0.05) is 53.5 Å². The normalized spacial score (nSPS) is 12.7. The molecule has 0 aliphatic heterocycles. The molecular weight excluding hydrogens is 336 g/mol. The van der Waals surface area contributed by atoms with E-state index in [1.54, 1.807) is 24.3 Å². The van der Waals surface area contributed by atoms with Crippen LogP contribution in [0.1, 0.15) is 26.7 Å². The van der Waals surface area contributed by atoms with Crippen LogP contribution >= 0.6 is 27.5 Å². The largest absolute Gasteiger partial charge is 0.224 e. The summed E-state index contributed by atoms with van der Waals surface area (Å²) in [6.07, 6.45) is 1.64. The summed E-state index contributed by atoms with van der Waals surface area (Å²) >= 11 is 9.42. The Balaban J connectivity index is 3.13. The SMILES string of the molecule is CCC(CC)(CBr)CS(=O)(=O)c1ccccc1Cl. The van der Waals surface area contributed by atoms with E-state index in [2.05, 4.69) is 15.9 Å². The molecule has 102 valence electrons. The zero-order chi connectivity index (χ0) is 13.8. The summed E-state index contributed by atoms with van der Waals surface area (Å²) in [6.45, 7) is 4.04. The van der Waals surface area contributed by atoms with Crippen molar-refractivity contribution >= 4 is 37.4 Å². The molecular formula is C13H18BrClO2S. The lowest BCUT2D eigenvalue weighted by Crippen LogP contribution is -2.31. The Morgan fingerprint density at radius 3 is 2.22 bits per heavy atom. The molecule has 1 aromatic rings. The minimum atomic E-state index is -3.35. The summed E-state index contributed by atoms with van der Waals surface area (Å²) < 4.78 is 24.9. The van der Waals surface area contributed by atoms with E-state index in [4.69, 9.17) is 11.6 Å². The van der Waals surface area contributed by atoms with Gasteiger partial charge in [-0.2, -0.15) is 0 Å². The number of benzene rings is 1. The number of halogens is 2. The van der Waals surface area contributed by atoms with E-state index < -0.39 is 9.84 Å². The van der Waals surface area contributed by atoms with E-state index >= 15 is 0 Å². The predicted octanol–water partition coefficient (Wildman–Crippen LogP) is 4.32. The molecule has 0 aromatic heterocycles. The van der Waals surface area contributed by atoms with Crippen LogP contribution in [0.5, 0.6) is 0 Å². The Morgan fingerprint density at radius 1 is 1.22 bits per heavy atom. The molecule has 0 atom stereocenters. The molecule has 0 N–H and O–H groups in total. The monoisotopic (exact) mass is 352 g/mol. The summed E-state index contributed by atoms with van der Waals surface area (Å²) in [7, 11) is -3.35. The number of alkyl halides is 1. The van der Waals surface area contributed by atoms with Crippen LogP contribution < -0.4 is 0 Å². The second-order valence-electron chi connectivity index (χ2n) is 4.53. The van der Waals surface area contributed by atoms with Gasteiger partial charge in [0, 0.05) is 5.33 Å². The molecule has 0 aliphatic carbocycles. The molecule has 5 heteroatoms. The second-order valence-corrected chi connectivity index (χ2v) is 7.46. The van der Waals surface area contributed by atoms with E-state index in [1.165, 1.54) is 0 Å². The van der Waals surface area contributed by atoms with Gasteiger partial charge in [0.05, 0.1) is 15.7 Å². The van der Waals surface area contributed by atoms with Gasteiger partial charge < -0.3 is 0 Å². The van der Waals surface area contributed by atoms with Crippen LogP contribution in [0.3, 0.4) is 0 Å². The summed E-state index contributed by atoms with van der Waals surface area (Å²) in [4.78, 5) is 0.235. The molecule has 0 saturated carbocycles. The van der Waals surface area contributed by atoms with Gasteiger partial charge in [0.1, 0.15) is 0 Å². The molecule has 0 radical (unpaired) electrons. The van der Waals surface area contributed by atoms with Gasteiger partial charge in [0.2, 0.25) is 0 Å². The van der Waals surface area contributed by atoms with Crippen molar-refractivity contribution in [1.29, 1.82) is 0 Å². The highest BCUT2D eigenvalue weighted by Gasteiger charge is 2.33. The van der Waals surface area contributed by atoms with Gasteiger partial charge in [-0.3, -0.25) is 0 Å². The second kappa shape index (κ2) is 6.40. The zero-order valence-corrected chi connectivity index (χ0v) is 13.8. The molecule has 18 heavy (non-hydrogen) atoms. The summed E-state index contributed by atoms with van der Waals surface area (Å²) in [5.74, 6) is 0.127. The molecule has 0 unspecified atom stereocenters. The number of rotatable bonds is 6. The maximum absolute atomic E-state index is 12.4. The van der Waals surface area contributed by atoms with Crippen molar-refractivity contribution in [2.24, 2.45) is 5.41 Å². The standard InChI is InChI=1S/C13H18BrClO2S/c1-3-13(4-2,9-14)10-18(16,17)12-8-6-5-7-11(12)15/h5-8H,3-4,9-10H2,1-2H3. The van der Waals surface area contributed by atoms with Gasteiger partial charge in [0.15, 0.2) is 9.84 Å². The van der Waals surface area contributed by atoms with Crippen LogP contribution in [0.2, 0.25) is 5.02 Å². The first-order chi connectivity index (χ1) is 8.40. The smallest absolute Gasteiger partial charge is 0.180 e. The molecule has 2 nitrogen and oxygen atoms in total. The Kier molecular flexibility index (Phi) is 5.68. The number of hydrogen-bond acceptors (Lipinski definition) is 2. The fraction of sp³-hybridized carbons (Fsp3) is 0.538. The molecule has 0 fully saturated rings. The van der Waals surface area contributed by atoms with Crippen LogP contribution in [0, 0.1) is 5.41 Å². The highest BCUT2D eigenvalue weighted by molar-refractivity contribution is 9.09. The van der Waals surface area contributed by atoms with Crippen molar-refractivity contribution < 1.29 is 8.42 Å². The molecule has 0 spiro atoms. The van der Waals surface area contributed by atoms with Crippen molar-refractivity contribution in [1.82, 2.24) is 0 Å². The van der Waals surface area contributed by atoms with Crippen molar-refractivity contribution in [2.75, 3.05) is 11.1 Å². The summed E-state index contributed by atoms with van der Waals surface area (Å²) in [5.41, 5.74) is -0.224. The highest BCUT2D eigenvalue weighted by Crippen LogP contribution is 2.34. The van der Waals surface area contributed by atoms with Gasteiger partial charge in [-0.25, -0.2) is 8.42 Å². The molecule has 1 aromatic carbocycles. The third-order valence-electron chi connectivity index (χ3n) is 3.45. The quantitative estimate of drug-likeness (QED) is 0.714. The summed E-state index contributed by atoms with van der Waals surface area (Å²) in [6, 6.07) is 6.62. The number of sulfone groups is 1. The molecule has 0 saturated heterocycles. The van der Waals surface area contributed by atoms with Crippen LogP contribution in [-0.2, 0) is 9.84 Å². The van der Waals surface area contributed by atoms with Crippen molar-refractivity contribution in [2.45, 2.75) is 31.6 Å². The van der Waals surface area contributed by atoms with Crippen LogP contribution in [0.25, 0.3) is 0 Å². The van der Waals surface area contributed by atoms with Crippen molar-refractivity contribution in [3.63, 3.8) is 0 Å². The van der Waals surface area contributed by atoms with Crippen LogP contribution in [0.4, 0.5) is 0 Å². The maximum atomic E-state index is 12.4. The van der Waals surface area contributed by atoms with Gasteiger partial charge >= 0.3 is 0 Å².